The Hall–Kier alpha value is -0.510. The summed E-state index contributed by atoms with van der Waals surface area (Å²) in [5.41, 5.74) is 5.94. The summed E-state index contributed by atoms with van der Waals surface area (Å²) in [4.78, 5) is 10.7. The monoisotopic (exact) mass is 382 g/mol. The van der Waals surface area contributed by atoms with E-state index in [1.165, 1.54) is 0 Å². The molecule has 0 bridgehead atoms. The summed E-state index contributed by atoms with van der Waals surface area (Å²) in [6.45, 7) is 2.66. The molecule has 1 aliphatic heterocycles. The summed E-state index contributed by atoms with van der Waals surface area (Å²) in [5.74, 6) is 3.75. The molecule has 1 saturated heterocycles. The highest BCUT2D eigenvalue weighted by Gasteiger charge is 2.11. The molecule has 6 nitrogen and oxygen atoms in total. The second kappa shape index (κ2) is 7.82. The smallest absolute Gasteiger partial charge is 0.191 e. The Kier molecular flexibility index (Phi) is 6.76. The van der Waals surface area contributed by atoms with Crippen LogP contribution in [0.15, 0.2) is 11.3 Å². The number of rotatable bonds is 3. The third-order valence-electron chi connectivity index (χ3n) is 2.59. The molecule has 0 saturated carbocycles. The summed E-state index contributed by atoms with van der Waals surface area (Å²) in [5, 5.41) is 4.20. The van der Waals surface area contributed by atoms with Crippen LogP contribution in [0.3, 0.4) is 0 Å². The van der Waals surface area contributed by atoms with Crippen molar-refractivity contribution in [2.24, 2.45) is 17.8 Å². The van der Waals surface area contributed by atoms with Gasteiger partial charge >= 0.3 is 0 Å². The Labute approximate surface area is 128 Å². The fraction of sp³-hybridized carbons (Fsp3) is 0.700. The molecule has 0 amide bonds. The Balaban J connectivity index is 0.00000162. The highest BCUT2D eigenvalue weighted by Crippen LogP contribution is 2.08. The molecule has 0 atom stereocenters. The van der Waals surface area contributed by atoms with Crippen molar-refractivity contribution < 1.29 is 0 Å². The van der Waals surface area contributed by atoms with Crippen LogP contribution in [0.5, 0.6) is 0 Å². The van der Waals surface area contributed by atoms with E-state index in [2.05, 4.69) is 20.0 Å². The van der Waals surface area contributed by atoms with Crippen LogP contribution in [0.4, 0.5) is 0 Å². The maximum absolute atomic E-state index is 5.94. The Morgan fingerprint density at radius 1 is 1.50 bits per heavy atom. The van der Waals surface area contributed by atoms with Gasteiger partial charge in [-0.2, -0.15) is 16.9 Å². The Morgan fingerprint density at radius 3 is 2.83 bits per heavy atom. The SMILES string of the molecule is Cn1cnc(CCN=C(N)N2CCSCC2)n1.I. The number of halogens is 1. The number of hydrogen-bond acceptors (Lipinski definition) is 4. The van der Waals surface area contributed by atoms with E-state index in [4.69, 9.17) is 5.73 Å². The van der Waals surface area contributed by atoms with E-state index in [0.717, 1.165) is 36.8 Å². The molecule has 18 heavy (non-hydrogen) atoms. The van der Waals surface area contributed by atoms with E-state index >= 15 is 0 Å². The Bertz CT molecular complexity index is 387. The minimum atomic E-state index is 0. The second-order valence-corrected chi connectivity index (χ2v) is 5.15. The molecule has 0 unspecified atom stereocenters. The van der Waals surface area contributed by atoms with E-state index in [-0.39, 0.29) is 24.0 Å². The lowest BCUT2D eigenvalue weighted by atomic mass is 10.4. The zero-order valence-corrected chi connectivity index (χ0v) is 13.6. The van der Waals surface area contributed by atoms with Crippen molar-refractivity contribution in [1.29, 1.82) is 0 Å². The molecule has 2 N–H and O–H groups in total. The van der Waals surface area contributed by atoms with Crippen LogP contribution in [-0.2, 0) is 13.5 Å². The number of guanidine groups is 1. The van der Waals surface area contributed by atoms with Gasteiger partial charge in [-0.1, -0.05) is 0 Å². The van der Waals surface area contributed by atoms with Crippen LogP contribution in [0.2, 0.25) is 0 Å². The Morgan fingerprint density at radius 2 is 2.22 bits per heavy atom. The van der Waals surface area contributed by atoms with E-state index in [0.29, 0.717) is 12.5 Å². The van der Waals surface area contributed by atoms with Crippen molar-refractivity contribution >= 4 is 41.7 Å². The fourth-order valence-corrected chi connectivity index (χ4v) is 2.56. The van der Waals surface area contributed by atoms with Crippen LogP contribution in [0, 0.1) is 0 Å². The molecule has 1 fully saturated rings. The van der Waals surface area contributed by atoms with Gasteiger partial charge in [0.25, 0.3) is 0 Å². The first-order valence-corrected chi connectivity index (χ1v) is 6.88. The lowest BCUT2D eigenvalue weighted by Gasteiger charge is -2.27. The topological polar surface area (TPSA) is 72.3 Å². The van der Waals surface area contributed by atoms with E-state index in [9.17, 15) is 0 Å². The second-order valence-electron chi connectivity index (χ2n) is 3.92. The first-order valence-electron chi connectivity index (χ1n) is 5.73. The normalized spacial score (nSPS) is 16.5. The minimum Gasteiger partial charge on any atom is -0.370 e. The molecule has 0 spiro atoms. The lowest BCUT2D eigenvalue weighted by Crippen LogP contribution is -2.42. The molecule has 0 radical (unpaired) electrons. The van der Waals surface area contributed by atoms with Crippen LogP contribution in [0.25, 0.3) is 0 Å². The highest BCUT2D eigenvalue weighted by molar-refractivity contribution is 14.0. The standard InChI is InChI=1S/C10H18N6S.HI/c1-15-8-13-9(14-15)2-3-12-10(11)16-4-6-17-7-5-16;/h8H,2-7H2,1H3,(H2,11,12);1H. The number of nitrogens with two attached hydrogens (primary N) is 1. The van der Waals surface area contributed by atoms with Crippen LogP contribution < -0.4 is 5.73 Å². The third kappa shape index (κ3) is 4.63. The summed E-state index contributed by atoms with van der Waals surface area (Å²) < 4.78 is 1.70. The van der Waals surface area contributed by atoms with E-state index < -0.39 is 0 Å². The van der Waals surface area contributed by atoms with Crippen molar-refractivity contribution in [3.8, 4) is 0 Å². The number of aliphatic imine (C=N–C) groups is 1. The molecule has 2 rings (SSSR count). The van der Waals surface area contributed by atoms with Gasteiger partial charge in [0, 0.05) is 44.6 Å². The van der Waals surface area contributed by atoms with Gasteiger partial charge in [-0.15, -0.1) is 24.0 Å². The van der Waals surface area contributed by atoms with Crippen molar-refractivity contribution in [2.45, 2.75) is 6.42 Å². The first kappa shape index (κ1) is 15.5. The van der Waals surface area contributed by atoms with E-state index in [1.54, 1.807) is 11.0 Å². The first-order chi connectivity index (χ1) is 8.25. The van der Waals surface area contributed by atoms with Crippen LogP contribution in [0.1, 0.15) is 5.82 Å². The zero-order chi connectivity index (χ0) is 12.1. The van der Waals surface area contributed by atoms with Gasteiger partial charge in [0.15, 0.2) is 11.8 Å². The largest absolute Gasteiger partial charge is 0.370 e. The van der Waals surface area contributed by atoms with Crippen molar-refractivity contribution in [3.05, 3.63) is 12.2 Å². The molecule has 1 aromatic rings. The molecule has 102 valence electrons. The predicted molar refractivity (Wildman–Crippen MR) is 85.5 cm³/mol. The highest BCUT2D eigenvalue weighted by atomic mass is 127. The average Bonchev–Trinajstić information content (AvgIpc) is 2.76. The molecule has 2 heterocycles. The molecule has 8 heteroatoms. The van der Waals surface area contributed by atoms with Gasteiger partial charge in [0.2, 0.25) is 0 Å². The van der Waals surface area contributed by atoms with Gasteiger partial charge < -0.3 is 10.6 Å². The third-order valence-corrected chi connectivity index (χ3v) is 3.53. The van der Waals surface area contributed by atoms with Crippen LogP contribution in [-0.4, -0.2) is 56.8 Å². The molecular weight excluding hydrogens is 363 g/mol. The fourth-order valence-electron chi connectivity index (χ4n) is 1.66. The number of aromatic nitrogens is 3. The quantitative estimate of drug-likeness (QED) is 0.464. The number of hydrogen-bond donors (Lipinski definition) is 1. The molecule has 1 aliphatic rings. The predicted octanol–water partition coefficient (Wildman–Crippen LogP) is 0.339. The maximum atomic E-state index is 5.94. The lowest BCUT2D eigenvalue weighted by molar-refractivity contribution is 0.456. The number of thioether (sulfide) groups is 1. The van der Waals surface area contributed by atoms with Gasteiger partial charge in [0.05, 0.1) is 0 Å². The average molecular weight is 382 g/mol. The molecule has 1 aromatic heterocycles. The van der Waals surface area contributed by atoms with Gasteiger partial charge in [-0.25, -0.2) is 4.98 Å². The van der Waals surface area contributed by atoms with Crippen molar-refractivity contribution in [3.63, 3.8) is 0 Å². The summed E-state index contributed by atoms with van der Waals surface area (Å²) in [7, 11) is 1.86. The van der Waals surface area contributed by atoms with Gasteiger partial charge in [0.1, 0.15) is 6.33 Å². The maximum Gasteiger partial charge on any atom is 0.191 e. The van der Waals surface area contributed by atoms with E-state index in [1.807, 2.05) is 18.8 Å². The molecular formula is C10H19IN6S. The van der Waals surface area contributed by atoms with Gasteiger partial charge in [-0.3, -0.25) is 9.67 Å². The summed E-state index contributed by atoms with van der Waals surface area (Å²) in [6.07, 6.45) is 2.44. The molecule has 0 aromatic carbocycles. The molecule has 0 aliphatic carbocycles. The van der Waals surface area contributed by atoms with Crippen LogP contribution >= 0.6 is 35.7 Å². The zero-order valence-electron chi connectivity index (χ0n) is 10.4. The van der Waals surface area contributed by atoms with Crippen molar-refractivity contribution in [2.75, 3.05) is 31.1 Å². The number of nitrogens with zero attached hydrogens (tertiary/aromatic N) is 5. The van der Waals surface area contributed by atoms with Crippen molar-refractivity contribution in [1.82, 2.24) is 19.7 Å². The summed E-state index contributed by atoms with van der Waals surface area (Å²) in [6, 6.07) is 0. The summed E-state index contributed by atoms with van der Waals surface area (Å²) >= 11 is 1.96. The minimum absolute atomic E-state index is 0. The van der Waals surface area contributed by atoms with Gasteiger partial charge in [-0.05, 0) is 0 Å². The number of aryl methyl sites for hydroxylation is 1.